The van der Waals surface area contributed by atoms with Crippen molar-refractivity contribution >= 4 is 37.6 Å². The fourth-order valence-electron chi connectivity index (χ4n) is 1.00. The standard InChI is InChI=1S/C9H9BrClN/c1-5(2)9-8(6(3)10)7(11)4-12-9/h4,12H,1,3H2,2H3. The highest BCUT2D eigenvalue weighted by molar-refractivity contribution is 9.15. The lowest BCUT2D eigenvalue weighted by Gasteiger charge is -2.01. The molecule has 0 atom stereocenters. The Kier molecular flexibility index (Phi) is 2.80. The van der Waals surface area contributed by atoms with Crippen LogP contribution in [0, 0.1) is 0 Å². The summed E-state index contributed by atoms with van der Waals surface area (Å²) >= 11 is 9.21. The number of aromatic nitrogens is 1. The maximum Gasteiger partial charge on any atom is 0.0670 e. The Labute approximate surface area is 85.3 Å². The van der Waals surface area contributed by atoms with Gasteiger partial charge in [0, 0.05) is 16.2 Å². The van der Waals surface area contributed by atoms with Crippen molar-refractivity contribution in [3.63, 3.8) is 0 Å². The van der Waals surface area contributed by atoms with Crippen molar-refractivity contribution in [2.75, 3.05) is 0 Å². The van der Waals surface area contributed by atoms with Crippen molar-refractivity contribution in [1.29, 1.82) is 0 Å². The van der Waals surface area contributed by atoms with E-state index in [0.29, 0.717) is 5.02 Å². The van der Waals surface area contributed by atoms with Crippen LogP contribution < -0.4 is 0 Å². The molecule has 3 heteroatoms. The van der Waals surface area contributed by atoms with Crippen LogP contribution in [0.2, 0.25) is 5.02 Å². The quantitative estimate of drug-likeness (QED) is 0.810. The summed E-state index contributed by atoms with van der Waals surface area (Å²) in [4.78, 5) is 3.03. The Balaban J connectivity index is 3.31. The lowest BCUT2D eigenvalue weighted by molar-refractivity contribution is 1.34. The third-order valence-electron chi connectivity index (χ3n) is 1.53. The summed E-state index contributed by atoms with van der Waals surface area (Å²) in [6.07, 6.45) is 1.73. The number of rotatable bonds is 2. The minimum absolute atomic E-state index is 0.662. The SMILES string of the molecule is C=C(C)c1[nH]cc(Cl)c1C(=C)Br. The van der Waals surface area contributed by atoms with Crippen LogP contribution in [-0.4, -0.2) is 4.98 Å². The van der Waals surface area contributed by atoms with Crippen LogP contribution in [0.1, 0.15) is 18.2 Å². The molecule has 0 spiro atoms. The fourth-order valence-corrected chi connectivity index (χ4v) is 1.79. The number of hydrogen-bond donors (Lipinski definition) is 1. The molecule has 0 aliphatic heterocycles. The molecule has 0 aromatic carbocycles. The molecular weight excluding hydrogens is 237 g/mol. The van der Waals surface area contributed by atoms with E-state index in [9.17, 15) is 0 Å². The Bertz CT molecular complexity index is 338. The van der Waals surface area contributed by atoms with E-state index in [0.717, 1.165) is 21.3 Å². The van der Waals surface area contributed by atoms with Gasteiger partial charge >= 0.3 is 0 Å². The van der Waals surface area contributed by atoms with Crippen LogP contribution in [0.15, 0.2) is 19.4 Å². The molecule has 0 aliphatic carbocycles. The first-order valence-corrected chi connectivity index (χ1v) is 4.58. The van der Waals surface area contributed by atoms with Crippen LogP contribution in [0.25, 0.3) is 10.1 Å². The van der Waals surface area contributed by atoms with Gasteiger partial charge in [0.25, 0.3) is 0 Å². The first-order valence-electron chi connectivity index (χ1n) is 3.41. The van der Waals surface area contributed by atoms with E-state index < -0.39 is 0 Å². The molecule has 64 valence electrons. The van der Waals surface area contributed by atoms with Gasteiger partial charge in [0.15, 0.2) is 0 Å². The minimum Gasteiger partial charge on any atom is -0.360 e. The molecule has 1 rings (SSSR count). The topological polar surface area (TPSA) is 15.8 Å². The molecule has 1 nitrogen and oxygen atoms in total. The number of halogens is 2. The van der Waals surface area contributed by atoms with Gasteiger partial charge in [0.05, 0.1) is 10.7 Å². The second kappa shape index (κ2) is 3.50. The molecule has 0 radical (unpaired) electrons. The normalized spacial score (nSPS) is 9.92. The van der Waals surface area contributed by atoms with E-state index in [1.54, 1.807) is 6.20 Å². The summed E-state index contributed by atoms with van der Waals surface area (Å²) in [5.41, 5.74) is 2.77. The predicted octanol–water partition coefficient (Wildman–Crippen LogP) is 4.07. The van der Waals surface area contributed by atoms with Crippen LogP contribution in [0.4, 0.5) is 0 Å². The maximum absolute atomic E-state index is 5.92. The molecule has 0 fully saturated rings. The monoisotopic (exact) mass is 245 g/mol. The van der Waals surface area contributed by atoms with Gasteiger partial charge in [0.1, 0.15) is 0 Å². The summed E-state index contributed by atoms with van der Waals surface area (Å²) in [5.74, 6) is 0. The summed E-state index contributed by atoms with van der Waals surface area (Å²) < 4.78 is 0.770. The summed E-state index contributed by atoms with van der Waals surface area (Å²) in [7, 11) is 0. The molecule has 0 unspecified atom stereocenters. The number of nitrogens with one attached hydrogen (secondary N) is 1. The highest BCUT2D eigenvalue weighted by atomic mass is 79.9. The van der Waals surface area contributed by atoms with Gasteiger partial charge in [-0.15, -0.1) is 0 Å². The Hall–Kier alpha value is -0.470. The summed E-state index contributed by atoms with van der Waals surface area (Å²) in [6.45, 7) is 9.52. The zero-order valence-corrected chi connectivity index (χ0v) is 9.09. The predicted molar refractivity (Wildman–Crippen MR) is 58.5 cm³/mol. The molecule has 0 amide bonds. The van der Waals surface area contributed by atoms with Gasteiger partial charge < -0.3 is 4.98 Å². The lowest BCUT2D eigenvalue weighted by Crippen LogP contribution is -1.82. The smallest absolute Gasteiger partial charge is 0.0670 e. The van der Waals surface area contributed by atoms with E-state index in [1.807, 2.05) is 6.92 Å². The average Bonchev–Trinajstić information content (AvgIpc) is 2.30. The molecule has 0 saturated heterocycles. The van der Waals surface area contributed by atoms with Crippen LogP contribution in [0.3, 0.4) is 0 Å². The number of hydrogen-bond acceptors (Lipinski definition) is 0. The minimum atomic E-state index is 0.662. The van der Waals surface area contributed by atoms with Gasteiger partial charge in [-0.1, -0.05) is 40.7 Å². The molecule has 1 heterocycles. The number of allylic oxidation sites excluding steroid dienone is 1. The van der Waals surface area contributed by atoms with Gasteiger partial charge in [-0.25, -0.2) is 0 Å². The Morgan fingerprint density at radius 1 is 1.58 bits per heavy atom. The average molecular weight is 247 g/mol. The van der Waals surface area contributed by atoms with Gasteiger partial charge in [-0.3, -0.25) is 0 Å². The fraction of sp³-hybridized carbons (Fsp3) is 0.111. The zero-order valence-electron chi connectivity index (χ0n) is 6.75. The molecule has 0 saturated carbocycles. The number of H-pyrrole nitrogens is 1. The summed E-state index contributed by atoms with van der Waals surface area (Å²) in [6, 6.07) is 0. The highest BCUT2D eigenvalue weighted by Crippen LogP contribution is 2.32. The molecule has 0 bridgehead atoms. The summed E-state index contributed by atoms with van der Waals surface area (Å²) in [5, 5.41) is 0.662. The highest BCUT2D eigenvalue weighted by Gasteiger charge is 2.10. The molecule has 1 aromatic rings. The first-order chi connectivity index (χ1) is 5.54. The van der Waals surface area contributed by atoms with E-state index in [2.05, 4.69) is 34.1 Å². The third kappa shape index (κ3) is 1.65. The van der Waals surface area contributed by atoms with Crippen molar-refractivity contribution < 1.29 is 0 Å². The second-order valence-electron chi connectivity index (χ2n) is 2.57. The van der Waals surface area contributed by atoms with Crippen LogP contribution in [0.5, 0.6) is 0 Å². The molecular formula is C9H9BrClN. The second-order valence-corrected chi connectivity index (χ2v) is 3.94. The van der Waals surface area contributed by atoms with Gasteiger partial charge in [0.2, 0.25) is 0 Å². The Morgan fingerprint density at radius 3 is 2.50 bits per heavy atom. The van der Waals surface area contributed by atoms with Crippen molar-refractivity contribution in [3.8, 4) is 0 Å². The zero-order chi connectivity index (χ0) is 9.30. The van der Waals surface area contributed by atoms with E-state index in [-0.39, 0.29) is 0 Å². The first kappa shape index (κ1) is 9.62. The molecule has 1 aromatic heterocycles. The molecule has 1 N–H and O–H groups in total. The van der Waals surface area contributed by atoms with E-state index >= 15 is 0 Å². The van der Waals surface area contributed by atoms with Crippen LogP contribution >= 0.6 is 27.5 Å². The van der Waals surface area contributed by atoms with Crippen molar-refractivity contribution in [1.82, 2.24) is 4.98 Å². The van der Waals surface area contributed by atoms with Gasteiger partial charge in [-0.05, 0) is 12.5 Å². The molecule has 0 aliphatic rings. The maximum atomic E-state index is 5.92. The van der Waals surface area contributed by atoms with Crippen molar-refractivity contribution in [2.24, 2.45) is 0 Å². The Morgan fingerprint density at radius 2 is 2.17 bits per heavy atom. The van der Waals surface area contributed by atoms with E-state index in [1.165, 1.54) is 0 Å². The van der Waals surface area contributed by atoms with Crippen molar-refractivity contribution in [2.45, 2.75) is 6.92 Å². The molecule has 12 heavy (non-hydrogen) atoms. The number of aromatic amines is 1. The van der Waals surface area contributed by atoms with Crippen LogP contribution in [-0.2, 0) is 0 Å². The third-order valence-corrected chi connectivity index (χ3v) is 2.22. The van der Waals surface area contributed by atoms with Crippen molar-refractivity contribution in [3.05, 3.63) is 35.6 Å². The van der Waals surface area contributed by atoms with Gasteiger partial charge in [-0.2, -0.15) is 0 Å². The lowest BCUT2D eigenvalue weighted by atomic mass is 10.1. The van der Waals surface area contributed by atoms with E-state index in [4.69, 9.17) is 11.6 Å². The largest absolute Gasteiger partial charge is 0.360 e.